The highest BCUT2D eigenvalue weighted by atomic mass is 16.2. The molecule has 0 bridgehead atoms. The molecule has 0 aliphatic rings. The van der Waals surface area contributed by atoms with Gasteiger partial charge >= 0.3 is 0 Å². The number of amides is 1. The number of carbonyl (C=O) groups excluding carboxylic acids is 1. The van der Waals surface area contributed by atoms with Gasteiger partial charge < -0.3 is 11.1 Å². The van der Waals surface area contributed by atoms with Crippen molar-refractivity contribution in [2.24, 2.45) is 5.73 Å². The molecule has 18 heavy (non-hydrogen) atoms. The maximum atomic E-state index is 11.7. The monoisotopic (exact) mass is 244 g/mol. The van der Waals surface area contributed by atoms with E-state index in [2.05, 4.69) is 30.3 Å². The largest absolute Gasteiger partial charge is 0.352 e. The minimum absolute atomic E-state index is 0.0439. The van der Waals surface area contributed by atoms with Crippen molar-refractivity contribution in [3.05, 3.63) is 35.4 Å². The van der Waals surface area contributed by atoms with Gasteiger partial charge in [0.15, 0.2) is 0 Å². The lowest BCUT2D eigenvalue weighted by Crippen LogP contribution is -2.44. The minimum atomic E-state index is -0.616. The average molecular weight is 244 g/mol. The fourth-order valence-corrected chi connectivity index (χ4v) is 1.79. The third-order valence-electron chi connectivity index (χ3n) is 2.85. The Morgan fingerprint density at radius 1 is 1.50 bits per heavy atom. The molecule has 2 unspecified atom stereocenters. The van der Waals surface area contributed by atoms with E-state index in [4.69, 9.17) is 12.2 Å². The summed E-state index contributed by atoms with van der Waals surface area (Å²) in [5.41, 5.74) is 8.11. The molecule has 1 amide bonds. The second-order valence-electron chi connectivity index (χ2n) is 4.55. The van der Waals surface area contributed by atoms with Gasteiger partial charge in [0.25, 0.3) is 0 Å². The number of nitrogens with one attached hydrogen (secondary N) is 1. The van der Waals surface area contributed by atoms with Crippen molar-refractivity contribution in [2.45, 2.75) is 38.8 Å². The quantitative estimate of drug-likeness (QED) is 0.769. The van der Waals surface area contributed by atoms with Crippen molar-refractivity contribution in [1.82, 2.24) is 5.32 Å². The number of rotatable bonds is 5. The highest BCUT2D eigenvalue weighted by Gasteiger charge is 2.15. The summed E-state index contributed by atoms with van der Waals surface area (Å²) in [6, 6.07) is 7.57. The van der Waals surface area contributed by atoms with Gasteiger partial charge in [-0.25, -0.2) is 0 Å². The van der Waals surface area contributed by atoms with Crippen molar-refractivity contribution in [3.8, 4) is 12.3 Å². The molecule has 0 saturated carbocycles. The first-order chi connectivity index (χ1) is 8.54. The Morgan fingerprint density at radius 3 is 2.78 bits per heavy atom. The SMILES string of the molecule is C#CCC(N)C(=O)NC(C)Cc1ccccc1C. The number of terminal acetylenes is 1. The zero-order valence-electron chi connectivity index (χ0n) is 10.9. The van der Waals surface area contributed by atoms with Crippen LogP contribution in [0.3, 0.4) is 0 Å². The third-order valence-corrected chi connectivity index (χ3v) is 2.85. The summed E-state index contributed by atoms with van der Waals surface area (Å²) >= 11 is 0. The van der Waals surface area contributed by atoms with Crippen molar-refractivity contribution in [2.75, 3.05) is 0 Å². The van der Waals surface area contributed by atoms with Crippen LogP contribution in [0.15, 0.2) is 24.3 Å². The summed E-state index contributed by atoms with van der Waals surface area (Å²) < 4.78 is 0. The van der Waals surface area contributed by atoms with Gasteiger partial charge in [-0.15, -0.1) is 12.3 Å². The number of hydrogen-bond donors (Lipinski definition) is 2. The minimum Gasteiger partial charge on any atom is -0.352 e. The molecule has 0 fully saturated rings. The zero-order valence-corrected chi connectivity index (χ0v) is 10.9. The first-order valence-electron chi connectivity index (χ1n) is 6.08. The van der Waals surface area contributed by atoms with E-state index < -0.39 is 6.04 Å². The van der Waals surface area contributed by atoms with Gasteiger partial charge in [0.05, 0.1) is 6.04 Å². The van der Waals surface area contributed by atoms with Crippen LogP contribution in [0.4, 0.5) is 0 Å². The van der Waals surface area contributed by atoms with Crippen LogP contribution in [0, 0.1) is 19.3 Å². The lowest BCUT2D eigenvalue weighted by molar-refractivity contribution is -0.122. The van der Waals surface area contributed by atoms with Gasteiger partial charge in [-0.1, -0.05) is 24.3 Å². The number of hydrogen-bond acceptors (Lipinski definition) is 2. The van der Waals surface area contributed by atoms with Crippen LogP contribution in [-0.2, 0) is 11.2 Å². The van der Waals surface area contributed by atoms with E-state index in [1.165, 1.54) is 11.1 Å². The van der Waals surface area contributed by atoms with Gasteiger partial charge in [-0.3, -0.25) is 4.79 Å². The van der Waals surface area contributed by atoms with Crippen LogP contribution in [-0.4, -0.2) is 18.0 Å². The lowest BCUT2D eigenvalue weighted by atomic mass is 10.0. The van der Waals surface area contributed by atoms with Crippen LogP contribution in [0.5, 0.6) is 0 Å². The fraction of sp³-hybridized carbons (Fsp3) is 0.400. The molecule has 0 aliphatic carbocycles. The Balaban J connectivity index is 2.52. The molecule has 1 aromatic rings. The maximum absolute atomic E-state index is 11.7. The Bertz CT molecular complexity index is 448. The van der Waals surface area contributed by atoms with E-state index in [9.17, 15) is 4.79 Å². The van der Waals surface area contributed by atoms with Crippen molar-refractivity contribution < 1.29 is 4.79 Å². The molecule has 3 N–H and O–H groups in total. The second kappa shape index (κ2) is 6.83. The standard InChI is InChI=1S/C15H20N2O/c1-4-7-14(16)15(18)17-12(3)10-13-9-6-5-8-11(13)2/h1,5-6,8-9,12,14H,7,10,16H2,2-3H3,(H,17,18). The van der Waals surface area contributed by atoms with E-state index in [0.29, 0.717) is 0 Å². The Hall–Kier alpha value is -1.79. The fourth-order valence-electron chi connectivity index (χ4n) is 1.79. The Morgan fingerprint density at radius 2 is 2.17 bits per heavy atom. The average Bonchev–Trinajstić information content (AvgIpc) is 2.32. The van der Waals surface area contributed by atoms with Crippen LogP contribution in [0.25, 0.3) is 0 Å². The molecular weight excluding hydrogens is 224 g/mol. The van der Waals surface area contributed by atoms with E-state index >= 15 is 0 Å². The van der Waals surface area contributed by atoms with Crippen molar-refractivity contribution in [3.63, 3.8) is 0 Å². The zero-order chi connectivity index (χ0) is 13.5. The maximum Gasteiger partial charge on any atom is 0.238 e. The highest BCUT2D eigenvalue weighted by molar-refractivity contribution is 5.82. The summed E-state index contributed by atoms with van der Waals surface area (Å²) in [6.45, 7) is 4.03. The molecule has 2 atom stereocenters. The molecule has 0 aromatic heterocycles. The molecule has 3 nitrogen and oxygen atoms in total. The van der Waals surface area contributed by atoms with Crippen molar-refractivity contribution in [1.29, 1.82) is 0 Å². The lowest BCUT2D eigenvalue weighted by Gasteiger charge is -2.17. The predicted octanol–water partition coefficient (Wildman–Crippen LogP) is 1.39. The van der Waals surface area contributed by atoms with Crippen LogP contribution in [0.1, 0.15) is 24.5 Å². The molecule has 0 heterocycles. The van der Waals surface area contributed by atoms with Gasteiger partial charge in [0.1, 0.15) is 0 Å². The number of aryl methyl sites for hydroxylation is 1. The first kappa shape index (κ1) is 14.3. The molecule has 0 aliphatic heterocycles. The summed E-state index contributed by atoms with van der Waals surface area (Å²) in [7, 11) is 0. The predicted molar refractivity (Wildman–Crippen MR) is 73.9 cm³/mol. The van der Waals surface area contributed by atoms with Gasteiger partial charge in [0.2, 0.25) is 5.91 Å². The molecule has 1 rings (SSSR count). The Kier molecular flexibility index (Phi) is 5.41. The third kappa shape index (κ3) is 4.23. The van der Waals surface area contributed by atoms with Crippen LogP contribution >= 0.6 is 0 Å². The van der Waals surface area contributed by atoms with E-state index in [1.807, 2.05) is 19.1 Å². The molecular formula is C15H20N2O. The Labute approximate surface area is 109 Å². The normalized spacial score (nSPS) is 13.4. The first-order valence-corrected chi connectivity index (χ1v) is 6.08. The molecule has 96 valence electrons. The molecule has 1 aromatic carbocycles. The smallest absolute Gasteiger partial charge is 0.238 e. The number of nitrogens with two attached hydrogens (primary N) is 1. The van der Waals surface area contributed by atoms with Gasteiger partial charge in [-0.2, -0.15) is 0 Å². The van der Waals surface area contributed by atoms with Crippen LogP contribution in [0.2, 0.25) is 0 Å². The van der Waals surface area contributed by atoms with Crippen LogP contribution < -0.4 is 11.1 Å². The van der Waals surface area contributed by atoms with Gasteiger partial charge in [-0.05, 0) is 31.4 Å². The number of benzene rings is 1. The number of carbonyl (C=O) groups is 1. The molecule has 0 saturated heterocycles. The topological polar surface area (TPSA) is 55.1 Å². The summed E-state index contributed by atoms with van der Waals surface area (Å²) in [4.78, 5) is 11.7. The van der Waals surface area contributed by atoms with E-state index in [0.717, 1.165) is 6.42 Å². The summed E-state index contributed by atoms with van der Waals surface area (Å²) in [6.07, 6.45) is 6.19. The summed E-state index contributed by atoms with van der Waals surface area (Å²) in [5.74, 6) is 2.21. The van der Waals surface area contributed by atoms with E-state index in [1.54, 1.807) is 0 Å². The van der Waals surface area contributed by atoms with E-state index in [-0.39, 0.29) is 18.4 Å². The van der Waals surface area contributed by atoms with Gasteiger partial charge in [0, 0.05) is 12.5 Å². The van der Waals surface area contributed by atoms with Crippen molar-refractivity contribution >= 4 is 5.91 Å². The highest BCUT2D eigenvalue weighted by Crippen LogP contribution is 2.09. The molecule has 0 radical (unpaired) electrons. The molecule has 3 heteroatoms. The second-order valence-corrected chi connectivity index (χ2v) is 4.55. The molecule has 0 spiro atoms. The summed E-state index contributed by atoms with van der Waals surface area (Å²) in [5, 5.41) is 2.88.